The largest absolute Gasteiger partial charge is 0.369 e. The number of carbonyl (C=O) groups is 2. The van der Waals surface area contributed by atoms with Gasteiger partial charge in [0.05, 0.1) is 15.7 Å². The van der Waals surface area contributed by atoms with E-state index >= 15 is 0 Å². The van der Waals surface area contributed by atoms with E-state index in [0.717, 1.165) is 31.6 Å². The van der Waals surface area contributed by atoms with E-state index in [0.29, 0.717) is 35.0 Å². The van der Waals surface area contributed by atoms with Crippen LogP contribution in [0.25, 0.3) is 0 Å². The van der Waals surface area contributed by atoms with Crippen molar-refractivity contribution in [2.75, 3.05) is 24.5 Å². The molecule has 148 valence electrons. The Morgan fingerprint density at radius 2 is 1.71 bits per heavy atom. The lowest BCUT2D eigenvalue weighted by atomic mass is 9.90. The van der Waals surface area contributed by atoms with Gasteiger partial charge in [-0.2, -0.15) is 0 Å². The maximum atomic E-state index is 12.5. The van der Waals surface area contributed by atoms with Gasteiger partial charge in [-0.25, -0.2) is 0 Å². The van der Waals surface area contributed by atoms with Crippen molar-refractivity contribution in [3.8, 4) is 0 Å². The molecule has 0 atom stereocenters. The van der Waals surface area contributed by atoms with E-state index in [-0.39, 0.29) is 17.6 Å². The molecule has 0 spiro atoms. The molecular formula is C21H23Cl2N3O2. The van der Waals surface area contributed by atoms with Gasteiger partial charge in [-0.1, -0.05) is 41.4 Å². The molecule has 1 aliphatic rings. The van der Waals surface area contributed by atoms with Crippen molar-refractivity contribution < 1.29 is 9.59 Å². The first kappa shape index (κ1) is 20.6. The molecule has 2 heterocycles. The first-order chi connectivity index (χ1) is 13.6. The molecule has 1 N–H and O–H groups in total. The third kappa shape index (κ3) is 5.24. The third-order valence-corrected chi connectivity index (χ3v) is 5.57. The van der Waals surface area contributed by atoms with Crippen LogP contribution in [0.2, 0.25) is 10.0 Å². The minimum Gasteiger partial charge on any atom is -0.369 e. The summed E-state index contributed by atoms with van der Waals surface area (Å²) in [7, 11) is 0. The lowest BCUT2D eigenvalue weighted by Crippen LogP contribution is -2.37. The number of nitrogens with one attached hydrogen (secondary N) is 1. The summed E-state index contributed by atoms with van der Waals surface area (Å²) in [6, 6.07) is 9.08. The van der Waals surface area contributed by atoms with E-state index in [9.17, 15) is 9.59 Å². The van der Waals surface area contributed by atoms with E-state index in [1.807, 2.05) is 18.2 Å². The van der Waals surface area contributed by atoms with Crippen LogP contribution in [0, 0.1) is 5.92 Å². The summed E-state index contributed by atoms with van der Waals surface area (Å²) in [4.78, 5) is 30.6. The van der Waals surface area contributed by atoms with Crippen molar-refractivity contribution in [1.82, 2.24) is 10.3 Å². The Hall–Kier alpha value is -2.11. The molecule has 2 aromatic rings. The lowest BCUT2D eigenvalue weighted by Gasteiger charge is -2.33. The normalized spacial score (nSPS) is 14.7. The third-order valence-electron chi connectivity index (χ3n) is 5.02. The van der Waals surface area contributed by atoms with Gasteiger partial charge < -0.3 is 10.2 Å². The summed E-state index contributed by atoms with van der Waals surface area (Å²) >= 11 is 12.5. The van der Waals surface area contributed by atoms with Crippen molar-refractivity contribution in [2.45, 2.75) is 25.7 Å². The molecule has 1 amide bonds. The Balaban J connectivity index is 1.40. The van der Waals surface area contributed by atoms with E-state index < -0.39 is 0 Å². The molecule has 0 radical (unpaired) electrons. The fourth-order valence-electron chi connectivity index (χ4n) is 3.49. The molecule has 7 heteroatoms. The van der Waals surface area contributed by atoms with Gasteiger partial charge in [0.25, 0.3) is 5.91 Å². The number of ketones is 1. The highest BCUT2D eigenvalue weighted by molar-refractivity contribution is 6.38. The smallest absolute Gasteiger partial charge is 0.251 e. The molecular weight excluding hydrogens is 397 g/mol. The summed E-state index contributed by atoms with van der Waals surface area (Å²) in [5.41, 5.74) is 1.43. The Bertz CT molecular complexity index is 801. The average Bonchev–Trinajstić information content (AvgIpc) is 2.72. The molecule has 1 aromatic carbocycles. The summed E-state index contributed by atoms with van der Waals surface area (Å²) in [6.45, 7) is 1.98. The number of pyridine rings is 1. The predicted molar refractivity (Wildman–Crippen MR) is 112 cm³/mol. The van der Waals surface area contributed by atoms with Gasteiger partial charge in [0.1, 0.15) is 5.78 Å². The number of Topliss-reactive ketones (excluding diaryl/α,β-unsaturated/α-hetero) is 1. The Morgan fingerprint density at radius 1 is 1.07 bits per heavy atom. The second-order valence-electron chi connectivity index (χ2n) is 6.90. The Labute approximate surface area is 175 Å². The van der Waals surface area contributed by atoms with Crippen molar-refractivity contribution in [1.29, 1.82) is 0 Å². The summed E-state index contributed by atoms with van der Waals surface area (Å²) in [5.74, 6) is 0.216. The molecule has 1 aliphatic heterocycles. The van der Waals surface area contributed by atoms with Gasteiger partial charge in [0, 0.05) is 49.9 Å². The number of halogens is 2. The zero-order chi connectivity index (χ0) is 19.9. The van der Waals surface area contributed by atoms with Crippen LogP contribution in [0.15, 0.2) is 42.7 Å². The number of carbonyl (C=O) groups excluding carboxylic acids is 2. The van der Waals surface area contributed by atoms with Crippen LogP contribution < -0.4 is 10.2 Å². The van der Waals surface area contributed by atoms with Gasteiger partial charge >= 0.3 is 0 Å². The van der Waals surface area contributed by atoms with Gasteiger partial charge in [0.15, 0.2) is 0 Å². The number of amides is 1. The summed E-state index contributed by atoms with van der Waals surface area (Å²) in [6.07, 6.45) is 5.87. The molecule has 3 rings (SSSR count). The highest BCUT2D eigenvalue weighted by Gasteiger charge is 2.26. The number of benzene rings is 1. The summed E-state index contributed by atoms with van der Waals surface area (Å²) in [5, 5.41) is 3.93. The van der Waals surface area contributed by atoms with Gasteiger partial charge in [-0.05, 0) is 31.4 Å². The maximum Gasteiger partial charge on any atom is 0.251 e. The number of nitrogens with zero attached hydrogens (tertiary/aromatic N) is 2. The fourth-order valence-corrected chi connectivity index (χ4v) is 4.10. The maximum absolute atomic E-state index is 12.5. The van der Waals surface area contributed by atoms with E-state index in [1.54, 1.807) is 24.5 Å². The summed E-state index contributed by atoms with van der Waals surface area (Å²) < 4.78 is 0. The predicted octanol–water partition coefficient (Wildman–Crippen LogP) is 4.38. The second-order valence-corrected chi connectivity index (χ2v) is 7.72. The molecule has 1 aromatic heterocycles. The van der Waals surface area contributed by atoms with Crippen LogP contribution in [0.4, 0.5) is 5.69 Å². The minimum atomic E-state index is -0.104. The molecule has 0 bridgehead atoms. The molecule has 1 fully saturated rings. The Morgan fingerprint density at radius 3 is 2.36 bits per heavy atom. The zero-order valence-corrected chi connectivity index (χ0v) is 17.0. The number of hydrogen-bond donors (Lipinski definition) is 1. The van der Waals surface area contributed by atoms with Crippen LogP contribution in [-0.4, -0.2) is 36.3 Å². The second kappa shape index (κ2) is 9.89. The number of piperidine rings is 1. The van der Waals surface area contributed by atoms with E-state index in [1.165, 1.54) is 0 Å². The van der Waals surface area contributed by atoms with Crippen LogP contribution >= 0.6 is 23.2 Å². The van der Waals surface area contributed by atoms with Crippen molar-refractivity contribution >= 4 is 40.6 Å². The van der Waals surface area contributed by atoms with Crippen molar-refractivity contribution in [3.05, 3.63) is 58.3 Å². The standard InChI is InChI=1S/C21H23Cl2N3O2/c22-17-13-24-14-18(23)20(17)26-11-8-15(9-12-26)19(27)7-4-10-25-21(28)16-5-2-1-3-6-16/h1-3,5-6,13-15H,4,7-12H2,(H,25,28). The minimum absolute atomic E-state index is 0.0560. The number of anilines is 1. The zero-order valence-electron chi connectivity index (χ0n) is 15.5. The number of rotatable bonds is 7. The van der Waals surface area contributed by atoms with Crippen LogP contribution in [-0.2, 0) is 4.79 Å². The Kier molecular flexibility index (Phi) is 7.29. The highest BCUT2D eigenvalue weighted by Crippen LogP contribution is 2.35. The fraction of sp³-hybridized carbons (Fsp3) is 0.381. The quantitative estimate of drug-likeness (QED) is 0.676. The SMILES string of the molecule is O=C(NCCCC(=O)C1CCN(c2c(Cl)cncc2Cl)CC1)c1ccccc1. The van der Waals surface area contributed by atoms with E-state index in [4.69, 9.17) is 23.2 Å². The van der Waals surface area contributed by atoms with Crippen molar-refractivity contribution in [3.63, 3.8) is 0 Å². The molecule has 0 saturated carbocycles. The monoisotopic (exact) mass is 419 g/mol. The lowest BCUT2D eigenvalue weighted by molar-refractivity contribution is -0.123. The molecule has 1 saturated heterocycles. The molecule has 5 nitrogen and oxygen atoms in total. The first-order valence-electron chi connectivity index (χ1n) is 9.46. The topological polar surface area (TPSA) is 62.3 Å². The number of hydrogen-bond acceptors (Lipinski definition) is 4. The van der Waals surface area contributed by atoms with Gasteiger partial charge in [-0.15, -0.1) is 0 Å². The molecule has 0 aliphatic carbocycles. The first-order valence-corrected chi connectivity index (χ1v) is 10.2. The van der Waals surface area contributed by atoms with E-state index in [2.05, 4.69) is 15.2 Å². The molecule has 28 heavy (non-hydrogen) atoms. The van der Waals surface area contributed by atoms with Crippen LogP contribution in [0.5, 0.6) is 0 Å². The van der Waals surface area contributed by atoms with Gasteiger partial charge in [0.2, 0.25) is 0 Å². The average molecular weight is 420 g/mol. The van der Waals surface area contributed by atoms with Crippen LogP contribution in [0.1, 0.15) is 36.0 Å². The van der Waals surface area contributed by atoms with Crippen molar-refractivity contribution in [2.24, 2.45) is 5.92 Å². The van der Waals surface area contributed by atoms with Gasteiger partial charge in [-0.3, -0.25) is 14.6 Å². The highest BCUT2D eigenvalue weighted by atomic mass is 35.5. The number of aromatic nitrogens is 1. The van der Waals surface area contributed by atoms with Crippen LogP contribution in [0.3, 0.4) is 0 Å². The molecule has 0 unspecified atom stereocenters.